The maximum atomic E-state index is 12.4. The largest absolute Gasteiger partial charge is 0.267 e. The van der Waals surface area contributed by atoms with Crippen molar-refractivity contribution in [2.24, 2.45) is 0 Å². The Labute approximate surface area is 96.2 Å². The molecular formula is C7H5F2I2N. The van der Waals surface area contributed by atoms with Crippen molar-refractivity contribution in [1.82, 2.24) is 4.98 Å². The normalized spacial score (nSPS) is 10.8. The lowest BCUT2D eigenvalue weighted by atomic mass is 10.2. The van der Waals surface area contributed by atoms with Crippen LogP contribution in [0.1, 0.15) is 17.6 Å². The van der Waals surface area contributed by atoms with Gasteiger partial charge in [0.1, 0.15) is 3.70 Å². The van der Waals surface area contributed by atoms with Crippen LogP contribution in [-0.4, -0.2) is 4.98 Å². The second kappa shape index (κ2) is 4.12. The summed E-state index contributed by atoms with van der Waals surface area (Å²) in [4.78, 5) is 3.86. The van der Waals surface area contributed by atoms with Crippen LogP contribution in [0.3, 0.4) is 0 Å². The lowest BCUT2D eigenvalue weighted by Gasteiger charge is -2.07. The monoisotopic (exact) mass is 395 g/mol. The quantitative estimate of drug-likeness (QED) is 0.524. The number of hydrogen-bond donors (Lipinski definition) is 0. The Morgan fingerprint density at radius 1 is 1.42 bits per heavy atom. The molecule has 0 aliphatic carbocycles. The first-order valence-corrected chi connectivity index (χ1v) is 5.28. The second-order valence-corrected chi connectivity index (χ2v) is 4.36. The number of aryl methyl sites for hydroxylation is 1. The van der Waals surface area contributed by atoms with Gasteiger partial charge in [0.15, 0.2) is 0 Å². The maximum Gasteiger partial charge on any atom is 0.267 e. The molecule has 0 aliphatic heterocycles. The molecule has 0 fully saturated rings. The van der Waals surface area contributed by atoms with Gasteiger partial charge >= 0.3 is 0 Å². The van der Waals surface area contributed by atoms with Gasteiger partial charge in [-0.05, 0) is 57.7 Å². The van der Waals surface area contributed by atoms with E-state index in [1.807, 2.05) is 45.2 Å². The van der Waals surface area contributed by atoms with Crippen LogP contribution >= 0.6 is 45.2 Å². The van der Waals surface area contributed by atoms with E-state index in [2.05, 4.69) is 4.98 Å². The molecule has 66 valence electrons. The summed E-state index contributed by atoms with van der Waals surface area (Å²) in [5, 5.41) is 0. The summed E-state index contributed by atoms with van der Waals surface area (Å²) >= 11 is 3.74. The van der Waals surface area contributed by atoms with Gasteiger partial charge < -0.3 is 0 Å². The molecule has 0 radical (unpaired) electrons. The first-order chi connectivity index (χ1) is 5.54. The van der Waals surface area contributed by atoms with Crippen molar-refractivity contribution in [1.29, 1.82) is 0 Å². The third-order valence-corrected chi connectivity index (χ3v) is 3.69. The van der Waals surface area contributed by atoms with Crippen molar-refractivity contribution < 1.29 is 8.78 Å². The van der Waals surface area contributed by atoms with Gasteiger partial charge in [-0.3, -0.25) is 0 Å². The van der Waals surface area contributed by atoms with E-state index in [-0.39, 0.29) is 5.56 Å². The molecular weight excluding hydrogens is 390 g/mol. The van der Waals surface area contributed by atoms with E-state index >= 15 is 0 Å². The number of hydrogen-bond acceptors (Lipinski definition) is 1. The Morgan fingerprint density at radius 2 is 2.00 bits per heavy atom. The van der Waals surface area contributed by atoms with Crippen molar-refractivity contribution in [3.05, 3.63) is 24.6 Å². The van der Waals surface area contributed by atoms with E-state index in [1.54, 1.807) is 13.1 Å². The molecule has 12 heavy (non-hydrogen) atoms. The number of pyridine rings is 1. The number of nitrogens with zero attached hydrogens (tertiary/aromatic N) is 1. The van der Waals surface area contributed by atoms with Crippen LogP contribution < -0.4 is 0 Å². The molecule has 0 atom stereocenters. The summed E-state index contributed by atoms with van der Waals surface area (Å²) in [5.74, 6) is 0. The van der Waals surface area contributed by atoms with Crippen molar-refractivity contribution >= 4 is 45.2 Å². The Morgan fingerprint density at radius 3 is 2.42 bits per heavy atom. The minimum atomic E-state index is -2.43. The number of alkyl halides is 2. The molecule has 0 N–H and O–H groups in total. The van der Waals surface area contributed by atoms with E-state index in [4.69, 9.17) is 0 Å². The molecule has 0 amide bonds. The van der Waals surface area contributed by atoms with Gasteiger partial charge in [0, 0.05) is 9.77 Å². The highest BCUT2D eigenvalue weighted by Gasteiger charge is 2.17. The fourth-order valence-electron chi connectivity index (χ4n) is 0.769. The predicted molar refractivity (Wildman–Crippen MR) is 59.4 cm³/mol. The van der Waals surface area contributed by atoms with Gasteiger partial charge in [-0.25, -0.2) is 13.8 Å². The van der Waals surface area contributed by atoms with Gasteiger partial charge in [0.2, 0.25) is 0 Å². The van der Waals surface area contributed by atoms with Crippen LogP contribution in [0.25, 0.3) is 0 Å². The van der Waals surface area contributed by atoms with Gasteiger partial charge in [-0.2, -0.15) is 0 Å². The predicted octanol–water partition coefficient (Wildman–Crippen LogP) is 3.54. The highest BCUT2D eigenvalue weighted by Crippen LogP contribution is 2.29. The zero-order chi connectivity index (χ0) is 9.30. The second-order valence-electron chi connectivity index (χ2n) is 2.26. The molecule has 0 spiro atoms. The Kier molecular flexibility index (Phi) is 3.62. The fraction of sp³-hybridized carbons (Fsp3) is 0.286. The first kappa shape index (κ1) is 10.6. The lowest BCUT2D eigenvalue weighted by Crippen LogP contribution is -1.99. The average Bonchev–Trinajstić information content (AvgIpc) is 1.97. The summed E-state index contributed by atoms with van der Waals surface area (Å²) in [6, 6.07) is 0. The molecule has 1 nitrogen and oxygen atoms in total. The Bertz CT molecular complexity index is 302. The van der Waals surface area contributed by atoms with Crippen molar-refractivity contribution in [3.8, 4) is 0 Å². The van der Waals surface area contributed by atoms with Crippen molar-refractivity contribution in [2.45, 2.75) is 13.3 Å². The lowest BCUT2D eigenvalue weighted by molar-refractivity contribution is 0.149. The highest BCUT2D eigenvalue weighted by atomic mass is 127. The van der Waals surface area contributed by atoms with Gasteiger partial charge in [0.25, 0.3) is 6.43 Å². The molecule has 0 saturated heterocycles. The molecule has 1 aromatic rings. The third kappa shape index (κ3) is 2.04. The third-order valence-electron chi connectivity index (χ3n) is 1.39. The summed E-state index contributed by atoms with van der Waals surface area (Å²) in [5.41, 5.74) is 0.850. The van der Waals surface area contributed by atoms with Gasteiger partial charge in [-0.1, -0.05) is 0 Å². The van der Waals surface area contributed by atoms with E-state index < -0.39 is 6.43 Å². The maximum absolute atomic E-state index is 12.4. The standard InChI is InChI=1S/C7H5F2I2N/c1-3-2-12-7(11)4(5(3)10)6(8)9/h2,6H,1H3. The van der Waals surface area contributed by atoms with E-state index in [0.29, 0.717) is 7.27 Å². The summed E-state index contributed by atoms with van der Waals surface area (Å²) < 4.78 is 25.8. The molecule has 0 aromatic carbocycles. The summed E-state index contributed by atoms with van der Waals surface area (Å²) in [6.45, 7) is 1.77. The molecule has 1 aromatic heterocycles. The van der Waals surface area contributed by atoms with E-state index in [9.17, 15) is 8.78 Å². The van der Waals surface area contributed by atoms with Gasteiger partial charge in [-0.15, -0.1) is 0 Å². The molecule has 0 unspecified atom stereocenters. The smallest absolute Gasteiger partial charge is 0.249 e. The zero-order valence-electron chi connectivity index (χ0n) is 6.11. The number of aromatic nitrogens is 1. The van der Waals surface area contributed by atoms with Crippen LogP contribution in [0.5, 0.6) is 0 Å². The fourth-order valence-corrected chi connectivity index (χ4v) is 2.56. The van der Waals surface area contributed by atoms with Gasteiger partial charge in [0.05, 0.1) is 5.56 Å². The van der Waals surface area contributed by atoms with Crippen LogP contribution in [0.4, 0.5) is 8.78 Å². The van der Waals surface area contributed by atoms with Crippen LogP contribution in [-0.2, 0) is 0 Å². The average molecular weight is 395 g/mol. The molecule has 5 heteroatoms. The molecule has 0 aliphatic rings. The van der Waals surface area contributed by atoms with E-state index in [1.165, 1.54) is 0 Å². The molecule has 0 bridgehead atoms. The molecule has 1 heterocycles. The number of halogens is 4. The zero-order valence-corrected chi connectivity index (χ0v) is 10.4. The van der Waals surface area contributed by atoms with Crippen LogP contribution in [0.15, 0.2) is 6.20 Å². The summed E-state index contributed by atoms with van der Waals surface area (Å²) in [6.07, 6.45) is -0.828. The topological polar surface area (TPSA) is 12.9 Å². The summed E-state index contributed by atoms with van der Waals surface area (Å²) in [7, 11) is 0. The van der Waals surface area contributed by atoms with Crippen LogP contribution in [0.2, 0.25) is 0 Å². The molecule has 1 rings (SSSR count). The van der Waals surface area contributed by atoms with Crippen LogP contribution in [0, 0.1) is 14.2 Å². The Hall–Kier alpha value is 0.470. The Balaban J connectivity index is 3.33. The van der Waals surface area contributed by atoms with Crippen molar-refractivity contribution in [3.63, 3.8) is 0 Å². The minimum absolute atomic E-state index is 0.0520. The minimum Gasteiger partial charge on any atom is -0.249 e. The van der Waals surface area contributed by atoms with Crippen molar-refractivity contribution in [2.75, 3.05) is 0 Å². The first-order valence-electron chi connectivity index (χ1n) is 3.12. The number of rotatable bonds is 1. The molecule has 0 saturated carbocycles. The SMILES string of the molecule is Cc1cnc(I)c(C(F)F)c1I. The highest BCUT2D eigenvalue weighted by molar-refractivity contribution is 14.1. The van der Waals surface area contributed by atoms with E-state index in [0.717, 1.165) is 5.56 Å².